The Kier molecular flexibility index (Phi) is 4.06. The number of hydrogen-bond donors (Lipinski definition) is 1. The summed E-state index contributed by atoms with van der Waals surface area (Å²) < 4.78 is 4.69. The van der Waals surface area contributed by atoms with Gasteiger partial charge in [-0.05, 0) is 38.3 Å². The molecule has 2 saturated heterocycles. The van der Waals surface area contributed by atoms with Gasteiger partial charge < -0.3 is 5.32 Å². The van der Waals surface area contributed by atoms with Crippen molar-refractivity contribution in [3.63, 3.8) is 0 Å². The molecule has 1 amide bonds. The number of carbonyl (C=O) groups is 1. The van der Waals surface area contributed by atoms with Crippen molar-refractivity contribution in [3.05, 3.63) is 47.3 Å². The van der Waals surface area contributed by atoms with Crippen LogP contribution in [0.25, 0.3) is 0 Å². The summed E-state index contributed by atoms with van der Waals surface area (Å²) in [6.45, 7) is 3.30. The Balaban J connectivity index is 1.47. The van der Waals surface area contributed by atoms with Crippen LogP contribution >= 0.6 is 0 Å². The van der Waals surface area contributed by atoms with Crippen molar-refractivity contribution in [2.45, 2.75) is 44.8 Å². The first kappa shape index (κ1) is 15.3. The van der Waals surface area contributed by atoms with Gasteiger partial charge in [0.2, 0.25) is 5.91 Å². The third-order valence-electron chi connectivity index (χ3n) is 5.38. The first-order valence-electron chi connectivity index (χ1n) is 8.60. The largest absolute Gasteiger partial charge is 0.350 e. The number of fused-ring (bicyclic) bond motifs is 1. The Morgan fingerprint density at radius 3 is 2.92 bits per heavy atom. The third-order valence-corrected chi connectivity index (χ3v) is 5.38. The van der Waals surface area contributed by atoms with Crippen molar-refractivity contribution >= 4 is 5.91 Å². The maximum Gasteiger partial charge on any atom is 0.225 e. The highest BCUT2D eigenvalue weighted by atomic mass is 16.6. The van der Waals surface area contributed by atoms with Crippen LogP contribution in [0.5, 0.6) is 0 Å². The van der Waals surface area contributed by atoms with Gasteiger partial charge in [0.1, 0.15) is 11.4 Å². The van der Waals surface area contributed by atoms with E-state index in [1.165, 1.54) is 12.0 Å². The van der Waals surface area contributed by atoms with Gasteiger partial charge in [-0.15, -0.1) is 0 Å². The maximum absolute atomic E-state index is 12.8. The molecule has 2 aliphatic heterocycles. The Morgan fingerprint density at radius 1 is 1.33 bits per heavy atom. The standard InChI is InChI=1S/C18H22N4O2/c1-12-15(21-24-20-12)11-19-18(23)14-10-17(13-6-3-2-4-7-13)22-9-5-8-16(14)22/h2-4,6-7,14,16-17H,5,8-11H2,1H3,(H,19,23)/t14-,16+,17-/m0/s1. The van der Waals surface area contributed by atoms with Crippen LogP contribution in [0.15, 0.2) is 35.0 Å². The number of hydrogen-bond acceptors (Lipinski definition) is 5. The summed E-state index contributed by atoms with van der Waals surface area (Å²) in [5, 5.41) is 10.6. The van der Waals surface area contributed by atoms with Gasteiger partial charge in [-0.1, -0.05) is 40.6 Å². The van der Waals surface area contributed by atoms with Crippen LogP contribution in [-0.2, 0) is 11.3 Å². The minimum absolute atomic E-state index is 0.0397. The summed E-state index contributed by atoms with van der Waals surface area (Å²) in [7, 11) is 0. The fourth-order valence-corrected chi connectivity index (χ4v) is 4.16. The first-order chi connectivity index (χ1) is 11.7. The second kappa shape index (κ2) is 6.36. The topological polar surface area (TPSA) is 71.3 Å². The van der Waals surface area contributed by atoms with E-state index in [0.29, 0.717) is 24.3 Å². The predicted octanol–water partition coefficient (Wildman–Crippen LogP) is 2.22. The Bertz CT molecular complexity index is 715. The molecular weight excluding hydrogens is 304 g/mol. The Labute approximate surface area is 141 Å². The number of amides is 1. The average molecular weight is 326 g/mol. The van der Waals surface area contributed by atoms with Crippen LogP contribution in [0.4, 0.5) is 0 Å². The van der Waals surface area contributed by atoms with Gasteiger partial charge in [-0.3, -0.25) is 9.69 Å². The van der Waals surface area contributed by atoms with Gasteiger partial charge in [0.05, 0.1) is 12.5 Å². The molecule has 2 aliphatic rings. The molecular formula is C18H22N4O2. The van der Waals surface area contributed by atoms with Crippen molar-refractivity contribution in [1.82, 2.24) is 20.5 Å². The smallest absolute Gasteiger partial charge is 0.225 e. The van der Waals surface area contributed by atoms with E-state index in [9.17, 15) is 4.79 Å². The molecule has 1 aromatic heterocycles. The molecule has 6 nitrogen and oxygen atoms in total. The zero-order chi connectivity index (χ0) is 16.5. The van der Waals surface area contributed by atoms with E-state index in [2.05, 4.69) is 49.4 Å². The molecule has 2 aromatic rings. The molecule has 6 heteroatoms. The number of aromatic nitrogens is 2. The van der Waals surface area contributed by atoms with Gasteiger partial charge in [0.15, 0.2) is 0 Å². The van der Waals surface area contributed by atoms with E-state index in [4.69, 9.17) is 0 Å². The van der Waals surface area contributed by atoms with Gasteiger partial charge in [0.25, 0.3) is 0 Å². The number of rotatable bonds is 4. The molecule has 1 N–H and O–H groups in total. The number of carbonyl (C=O) groups excluding carboxylic acids is 1. The Hall–Kier alpha value is -2.21. The van der Waals surface area contributed by atoms with Crippen molar-refractivity contribution in [2.75, 3.05) is 6.54 Å². The molecule has 4 rings (SSSR count). The summed E-state index contributed by atoms with van der Waals surface area (Å²) in [5.41, 5.74) is 2.74. The highest BCUT2D eigenvalue weighted by Crippen LogP contribution is 2.44. The van der Waals surface area contributed by atoms with E-state index in [-0.39, 0.29) is 11.8 Å². The molecule has 3 heterocycles. The number of benzene rings is 1. The lowest BCUT2D eigenvalue weighted by molar-refractivity contribution is -0.125. The molecule has 0 radical (unpaired) electrons. The van der Waals surface area contributed by atoms with E-state index in [1.54, 1.807) is 0 Å². The van der Waals surface area contributed by atoms with E-state index in [1.807, 2.05) is 13.0 Å². The summed E-state index contributed by atoms with van der Waals surface area (Å²) >= 11 is 0. The molecule has 126 valence electrons. The molecule has 0 aliphatic carbocycles. The normalized spacial score (nSPS) is 26.5. The zero-order valence-corrected chi connectivity index (χ0v) is 13.8. The van der Waals surface area contributed by atoms with Crippen LogP contribution in [-0.4, -0.2) is 33.7 Å². The summed E-state index contributed by atoms with van der Waals surface area (Å²) in [6, 6.07) is 11.2. The lowest BCUT2D eigenvalue weighted by Crippen LogP contribution is -2.37. The zero-order valence-electron chi connectivity index (χ0n) is 13.8. The van der Waals surface area contributed by atoms with Crippen molar-refractivity contribution in [1.29, 1.82) is 0 Å². The van der Waals surface area contributed by atoms with Gasteiger partial charge in [0, 0.05) is 12.1 Å². The highest BCUT2D eigenvalue weighted by molar-refractivity contribution is 5.80. The molecule has 24 heavy (non-hydrogen) atoms. The van der Waals surface area contributed by atoms with Crippen LogP contribution in [0, 0.1) is 12.8 Å². The minimum Gasteiger partial charge on any atom is -0.350 e. The first-order valence-corrected chi connectivity index (χ1v) is 8.60. The number of nitrogens with zero attached hydrogens (tertiary/aromatic N) is 3. The fourth-order valence-electron chi connectivity index (χ4n) is 4.16. The summed E-state index contributed by atoms with van der Waals surface area (Å²) in [6.07, 6.45) is 3.16. The second-order valence-corrected chi connectivity index (χ2v) is 6.73. The Morgan fingerprint density at radius 2 is 2.17 bits per heavy atom. The van der Waals surface area contributed by atoms with Crippen LogP contribution < -0.4 is 5.32 Å². The van der Waals surface area contributed by atoms with Crippen LogP contribution in [0.2, 0.25) is 0 Å². The summed E-state index contributed by atoms with van der Waals surface area (Å²) in [5.74, 6) is 0.158. The van der Waals surface area contributed by atoms with Crippen LogP contribution in [0.3, 0.4) is 0 Å². The van der Waals surface area contributed by atoms with Crippen LogP contribution in [0.1, 0.15) is 42.3 Å². The van der Waals surface area contributed by atoms with Gasteiger partial charge >= 0.3 is 0 Å². The monoisotopic (exact) mass is 326 g/mol. The third kappa shape index (κ3) is 2.71. The molecule has 1 aromatic carbocycles. The van der Waals surface area contributed by atoms with E-state index in [0.717, 1.165) is 25.1 Å². The summed E-state index contributed by atoms with van der Waals surface area (Å²) in [4.78, 5) is 15.3. The SMILES string of the molecule is Cc1nonc1CNC(=O)[C@H]1C[C@@H](c2ccccc2)N2CCC[C@H]12. The van der Waals surface area contributed by atoms with E-state index < -0.39 is 0 Å². The maximum atomic E-state index is 12.8. The lowest BCUT2D eigenvalue weighted by atomic mass is 9.93. The quantitative estimate of drug-likeness (QED) is 0.933. The molecule has 3 atom stereocenters. The second-order valence-electron chi connectivity index (χ2n) is 6.73. The molecule has 0 spiro atoms. The fraction of sp³-hybridized carbons (Fsp3) is 0.500. The van der Waals surface area contributed by atoms with Crippen molar-refractivity contribution in [2.24, 2.45) is 5.92 Å². The van der Waals surface area contributed by atoms with E-state index >= 15 is 0 Å². The predicted molar refractivity (Wildman–Crippen MR) is 87.9 cm³/mol. The highest BCUT2D eigenvalue weighted by Gasteiger charge is 2.46. The van der Waals surface area contributed by atoms with Crippen molar-refractivity contribution in [3.8, 4) is 0 Å². The molecule has 2 fully saturated rings. The van der Waals surface area contributed by atoms with Gasteiger partial charge in [-0.25, -0.2) is 4.63 Å². The molecule has 0 bridgehead atoms. The van der Waals surface area contributed by atoms with Crippen molar-refractivity contribution < 1.29 is 9.42 Å². The number of nitrogens with one attached hydrogen (secondary N) is 1. The molecule has 0 saturated carbocycles. The lowest BCUT2D eigenvalue weighted by Gasteiger charge is -2.24. The average Bonchev–Trinajstić information content (AvgIpc) is 3.30. The van der Waals surface area contributed by atoms with Gasteiger partial charge in [-0.2, -0.15) is 0 Å². The molecule has 0 unspecified atom stereocenters. The minimum atomic E-state index is 0.0397. The number of aryl methyl sites for hydroxylation is 1.